The number of para-hydroxylation sites is 1. The molecular formula is C14H16O3. The minimum Gasteiger partial charge on any atom is -0.464 e. The van der Waals surface area contributed by atoms with Gasteiger partial charge in [0.15, 0.2) is 5.78 Å². The number of rotatable bonds is 4. The third-order valence-corrected chi connectivity index (χ3v) is 3.08. The highest BCUT2D eigenvalue weighted by molar-refractivity contribution is 6.08. The van der Waals surface area contributed by atoms with Crippen molar-refractivity contribution in [1.82, 2.24) is 0 Å². The molecule has 0 amide bonds. The van der Waals surface area contributed by atoms with Gasteiger partial charge in [-0.2, -0.15) is 0 Å². The molecule has 1 N–H and O–H groups in total. The second-order valence-corrected chi connectivity index (χ2v) is 4.54. The lowest BCUT2D eigenvalue weighted by molar-refractivity contribution is 0.0807. The molecule has 1 aromatic carbocycles. The second kappa shape index (κ2) is 4.72. The molecule has 0 radical (unpaired) electrons. The molecule has 0 fully saturated rings. The third-order valence-electron chi connectivity index (χ3n) is 3.08. The number of fused-ring (bicyclic) bond motifs is 1. The Morgan fingerprint density at radius 1 is 1.35 bits per heavy atom. The summed E-state index contributed by atoms with van der Waals surface area (Å²) >= 11 is 0. The van der Waals surface area contributed by atoms with Crippen molar-refractivity contribution in [2.24, 2.45) is 11.8 Å². The van der Waals surface area contributed by atoms with Crippen LogP contribution in [0.25, 0.3) is 11.0 Å². The molecule has 2 rings (SSSR count). The summed E-state index contributed by atoms with van der Waals surface area (Å²) in [6.07, 6.45) is 1.48. The summed E-state index contributed by atoms with van der Waals surface area (Å²) in [6.45, 7) is 3.73. The van der Waals surface area contributed by atoms with Crippen LogP contribution in [-0.4, -0.2) is 17.5 Å². The van der Waals surface area contributed by atoms with Crippen molar-refractivity contribution < 1.29 is 14.3 Å². The smallest absolute Gasteiger partial charge is 0.172 e. The fourth-order valence-electron chi connectivity index (χ4n) is 1.96. The molecule has 1 aromatic heterocycles. The highest BCUT2D eigenvalue weighted by Crippen LogP contribution is 2.25. The topological polar surface area (TPSA) is 50.4 Å². The normalized spacial score (nSPS) is 13.2. The monoisotopic (exact) mass is 232 g/mol. The largest absolute Gasteiger partial charge is 0.464 e. The van der Waals surface area contributed by atoms with Crippen molar-refractivity contribution in [2.75, 3.05) is 6.61 Å². The molecule has 0 bridgehead atoms. The van der Waals surface area contributed by atoms with Gasteiger partial charge in [0.1, 0.15) is 11.8 Å². The maximum Gasteiger partial charge on any atom is 0.172 e. The lowest BCUT2D eigenvalue weighted by atomic mass is 9.88. The summed E-state index contributed by atoms with van der Waals surface area (Å²) < 4.78 is 5.34. The number of benzene rings is 1. The molecule has 0 aliphatic heterocycles. The molecular weight excluding hydrogens is 216 g/mol. The minimum atomic E-state index is -0.365. The number of hydrogen-bond donors (Lipinski definition) is 1. The van der Waals surface area contributed by atoms with Crippen LogP contribution >= 0.6 is 0 Å². The predicted molar refractivity (Wildman–Crippen MR) is 66.0 cm³/mol. The molecule has 17 heavy (non-hydrogen) atoms. The van der Waals surface area contributed by atoms with Gasteiger partial charge in [-0.15, -0.1) is 0 Å². The average Bonchev–Trinajstić information content (AvgIpc) is 2.72. The van der Waals surface area contributed by atoms with Crippen LogP contribution in [0.2, 0.25) is 0 Å². The van der Waals surface area contributed by atoms with Crippen LogP contribution in [0.5, 0.6) is 0 Å². The number of aliphatic hydroxyl groups excluding tert-OH is 1. The first-order valence-corrected chi connectivity index (χ1v) is 5.76. The maximum absolute atomic E-state index is 12.3. The van der Waals surface area contributed by atoms with Crippen LogP contribution in [0.3, 0.4) is 0 Å². The van der Waals surface area contributed by atoms with E-state index < -0.39 is 0 Å². The molecule has 0 saturated heterocycles. The fourth-order valence-corrected chi connectivity index (χ4v) is 1.96. The third kappa shape index (κ3) is 2.11. The van der Waals surface area contributed by atoms with E-state index >= 15 is 0 Å². The lowest BCUT2D eigenvalue weighted by Gasteiger charge is -2.15. The maximum atomic E-state index is 12.3. The van der Waals surface area contributed by atoms with E-state index in [0.29, 0.717) is 11.1 Å². The van der Waals surface area contributed by atoms with E-state index in [-0.39, 0.29) is 24.2 Å². The molecule has 1 heterocycles. The Balaban J connectivity index is 2.43. The molecule has 3 nitrogen and oxygen atoms in total. The highest BCUT2D eigenvalue weighted by Gasteiger charge is 2.25. The number of aliphatic hydroxyl groups is 1. The van der Waals surface area contributed by atoms with Crippen molar-refractivity contribution in [3.05, 3.63) is 36.1 Å². The zero-order valence-electron chi connectivity index (χ0n) is 10.0. The first-order valence-electron chi connectivity index (χ1n) is 5.76. The summed E-state index contributed by atoms with van der Waals surface area (Å²) in [5.74, 6) is -0.301. The van der Waals surface area contributed by atoms with Crippen LogP contribution in [0, 0.1) is 11.8 Å². The van der Waals surface area contributed by atoms with Gasteiger partial charge in [-0.25, -0.2) is 0 Å². The summed E-state index contributed by atoms with van der Waals surface area (Å²) in [4.78, 5) is 12.3. The summed E-state index contributed by atoms with van der Waals surface area (Å²) in [5.41, 5.74) is 1.27. The van der Waals surface area contributed by atoms with Crippen molar-refractivity contribution in [1.29, 1.82) is 0 Å². The Morgan fingerprint density at radius 2 is 2.06 bits per heavy atom. The molecule has 2 aromatic rings. The summed E-state index contributed by atoms with van der Waals surface area (Å²) in [7, 11) is 0. The predicted octanol–water partition coefficient (Wildman–Crippen LogP) is 2.88. The Kier molecular flexibility index (Phi) is 3.29. The number of hydrogen-bond acceptors (Lipinski definition) is 3. The first kappa shape index (κ1) is 11.9. The van der Waals surface area contributed by atoms with Gasteiger partial charge >= 0.3 is 0 Å². The fraction of sp³-hybridized carbons (Fsp3) is 0.357. The number of carbonyl (C=O) groups excluding carboxylic acids is 1. The van der Waals surface area contributed by atoms with Crippen molar-refractivity contribution >= 4 is 16.8 Å². The van der Waals surface area contributed by atoms with E-state index in [4.69, 9.17) is 4.42 Å². The van der Waals surface area contributed by atoms with Gasteiger partial charge in [0.2, 0.25) is 0 Å². The Hall–Kier alpha value is -1.61. The van der Waals surface area contributed by atoms with Gasteiger partial charge in [-0.1, -0.05) is 32.0 Å². The van der Waals surface area contributed by atoms with E-state index in [2.05, 4.69) is 0 Å². The van der Waals surface area contributed by atoms with E-state index in [9.17, 15) is 9.90 Å². The SMILES string of the molecule is CC(C)C(CO)C(=O)c1coc2ccccc12. The van der Waals surface area contributed by atoms with Gasteiger partial charge in [-0.3, -0.25) is 4.79 Å². The van der Waals surface area contributed by atoms with E-state index in [0.717, 1.165) is 5.39 Å². The van der Waals surface area contributed by atoms with Gasteiger partial charge in [0, 0.05) is 11.3 Å². The van der Waals surface area contributed by atoms with E-state index in [1.54, 1.807) is 0 Å². The zero-order valence-corrected chi connectivity index (χ0v) is 10.0. The van der Waals surface area contributed by atoms with Crippen molar-refractivity contribution in [3.63, 3.8) is 0 Å². The standard InChI is InChI=1S/C14H16O3/c1-9(2)11(7-15)14(16)12-8-17-13-6-4-3-5-10(12)13/h3-6,8-9,11,15H,7H2,1-2H3. The van der Waals surface area contributed by atoms with Gasteiger partial charge in [-0.05, 0) is 12.0 Å². The van der Waals surface area contributed by atoms with Crippen LogP contribution in [0.1, 0.15) is 24.2 Å². The Labute approximate surface area is 100 Å². The molecule has 1 unspecified atom stereocenters. The number of furan rings is 1. The molecule has 90 valence electrons. The van der Waals surface area contributed by atoms with Crippen LogP contribution in [0.15, 0.2) is 34.9 Å². The molecule has 3 heteroatoms. The molecule has 0 aliphatic carbocycles. The molecule has 0 spiro atoms. The molecule has 0 aliphatic rings. The van der Waals surface area contributed by atoms with Gasteiger partial charge in [0.25, 0.3) is 0 Å². The average molecular weight is 232 g/mol. The Morgan fingerprint density at radius 3 is 2.71 bits per heavy atom. The van der Waals surface area contributed by atoms with Crippen LogP contribution in [-0.2, 0) is 0 Å². The van der Waals surface area contributed by atoms with Crippen molar-refractivity contribution in [2.45, 2.75) is 13.8 Å². The first-order chi connectivity index (χ1) is 8.15. The summed E-state index contributed by atoms with van der Waals surface area (Å²) in [5, 5.41) is 10.1. The van der Waals surface area contributed by atoms with E-state index in [1.807, 2.05) is 38.1 Å². The van der Waals surface area contributed by atoms with Crippen LogP contribution in [0.4, 0.5) is 0 Å². The number of Topliss-reactive ketones (excluding diaryl/α,β-unsaturated/α-hetero) is 1. The second-order valence-electron chi connectivity index (χ2n) is 4.54. The number of carbonyl (C=O) groups is 1. The lowest BCUT2D eigenvalue weighted by Crippen LogP contribution is -2.23. The Bertz CT molecular complexity index is 525. The molecule has 0 saturated carbocycles. The number of ketones is 1. The quantitative estimate of drug-likeness (QED) is 0.824. The highest BCUT2D eigenvalue weighted by atomic mass is 16.3. The summed E-state index contributed by atoms with van der Waals surface area (Å²) in [6, 6.07) is 7.43. The van der Waals surface area contributed by atoms with Crippen LogP contribution < -0.4 is 0 Å². The van der Waals surface area contributed by atoms with E-state index in [1.165, 1.54) is 6.26 Å². The molecule has 1 atom stereocenters. The van der Waals surface area contributed by atoms with Gasteiger partial charge < -0.3 is 9.52 Å². The van der Waals surface area contributed by atoms with Gasteiger partial charge in [0.05, 0.1) is 12.2 Å². The van der Waals surface area contributed by atoms with Crippen molar-refractivity contribution in [3.8, 4) is 0 Å². The zero-order chi connectivity index (χ0) is 12.4. The minimum absolute atomic E-state index is 0.0487.